The SMILES string of the molecule is COC1(CNC(=O)CC2(CS)CC2)CCC1. The van der Waals surface area contributed by atoms with Crippen LogP contribution in [0.3, 0.4) is 0 Å². The zero-order valence-corrected chi connectivity index (χ0v) is 10.8. The highest BCUT2D eigenvalue weighted by atomic mass is 32.1. The van der Waals surface area contributed by atoms with Crippen LogP contribution in [0.15, 0.2) is 0 Å². The molecule has 1 amide bonds. The van der Waals surface area contributed by atoms with Crippen molar-refractivity contribution in [3.8, 4) is 0 Å². The van der Waals surface area contributed by atoms with Gasteiger partial charge in [-0.15, -0.1) is 0 Å². The van der Waals surface area contributed by atoms with Crippen LogP contribution >= 0.6 is 12.6 Å². The third-order valence-electron chi connectivity index (χ3n) is 4.13. The van der Waals surface area contributed by atoms with Crippen LogP contribution in [0.4, 0.5) is 0 Å². The van der Waals surface area contributed by atoms with Crippen molar-refractivity contribution in [2.75, 3.05) is 19.4 Å². The molecular weight excluding hydrogens is 222 g/mol. The first kappa shape index (κ1) is 12.2. The van der Waals surface area contributed by atoms with Crippen molar-refractivity contribution in [1.82, 2.24) is 5.32 Å². The average Bonchev–Trinajstić information content (AvgIpc) is 2.98. The third-order valence-corrected chi connectivity index (χ3v) is 4.80. The van der Waals surface area contributed by atoms with Crippen molar-refractivity contribution in [1.29, 1.82) is 0 Å². The summed E-state index contributed by atoms with van der Waals surface area (Å²) < 4.78 is 5.47. The molecule has 2 aliphatic rings. The molecule has 0 aliphatic heterocycles. The van der Waals surface area contributed by atoms with E-state index >= 15 is 0 Å². The first-order valence-corrected chi connectivity index (χ1v) is 6.70. The van der Waals surface area contributed by atoms with Crippen LogP contribution in [0.2, 0.25) is 0 Å². The van der Waals surface area contributed by atoms with E-state index in [-0.39, 0.29) is 16.9 Å². The van der Waals surface area contributed by atoms with E-state index in [4.69, 9.17) is 4.74 Å². The Bertz CT molecular complexity index is 267. The molecule has 2 rings (SSSR count). The molecule has 0 aromatic rings. The van der Waals surface area contributed by atoms with Gasteiger partial charge in [-0.2, -0.15) is 12.6 Å². The predicted molar refractivity (Wildman–Crippen MR) is 66.7 cm³/mol. The van der Waals surface area contributed by atoms with E-state index in [0.29, 0.717) is 13.0 Å². The van der Waals surface area contributed by atoms with Crippen molar-refractivity contribution >= 4 is 18.5 Å². The summed E-state index contributed by atoms with van der Waals surface area (Å²) in [5, 5.41) is 3.01. The molecule has 0 radical (unpaired) electrons. The zero-order valence-electron chi connectivity index (χ0n) is 9.92. The number of thiol groups is 1. The molecule has 4 heteroatoms. The van der Waals surface area contributed by atoms with Gasteiger partial charge in [0, 0.05) is 20.1 Å². The second-order valence-corrected chi connectivity index (χ2v) is 5.67. The van der Waals surface area contributed by atoms with Crippen LogP contribution in [0.25, 0.3) is 0 Å². The topological polar surface area (TPSA) is 38.3 Å². The van der Waals surface area contributed by atoms with E-state index in [1.54, 1.807) is 7.11 Å². The number of carbonyl (C=O) groups excluding carboxylic acids is 1. The molecule has 3 nitrogen and oxygen atoms in total. The molecule has 0 spiro atoms. The Hall–Kier alpha value is -0.220. The number of carbonyl (C=O) groups is 1. The van der Waals surface area contributed by atoms with Crippen molar-refractivity contribution in [2.24, 2.45) is 5.41 Å². The van der Waals surface area contributed by atoms with Gasteiger partial charge in [-0.3, -0.25) is 4.79 Å². The summed E-state index contributed by atoms with van der Waals surface area (Å²) in [7, 11) is 1.74. The molecule has 92 valence electrons. The van der Waals surface area contributed by atoms with Crippen LogP contribution in [-0.4, -0.2) is 30.9 Å². The lowest BCUT2D eigenvalue weighted by Crippen LogP contribution is -2.49. The molecule has 2 fully saturated rings. The summed E-state index contributed by atoms with van der Waals surface area (Å²) in [5.41, 5.74) is 0.153. The van der Waals surface area contributed by atoms with Gasteiger partial charge in [-0.25, -0.2) is 0 Å². The quantitative estimate of drug-likeness (QED) is 0.698. The Morgan fingerprint density at radius 1 is 1.38 bits per heavy atom. The molecule has 0 heterocycles. The minimum atomic E-state index is -0.0622. The van der Waals surface area contributed by atoms with Crippen LogP contribution in [0.5, 0.6) is 0 Å². The van der Waals surface area contributed by atoms with E-state index in [1.165, 1.54) is 6.42 Å². The number of hydrogen-bond acceptors (Lipinski definition) is 3. The number of methoxy groups -OCH3 is 1. The zero-order chi connectivity index (χ0) is 11.6. The maximum Gasteiger partial charge on any atom is 0.220 e. The van der Waals surface area contributed by atoms with E-state index in [1.807, 2.05) is 0 Å². The summed E-state index contributed by atoms with van der Waals surface area (Å²) in [6, 6.07) is 0. The molecule has 0 unspecified atom stereocenters. The molecule has 0 bridgehead atoms. The lowest BCUT2D eigenvalue weighted by atomic mass is 9.80. The number of rotatable bonds is 6. The lowest BCUT2D eigenvalue weighted by Gasteiger charge is -2.40. The maximum atomic E-state index is 11.8. The standard InChI is InChI=1S/C12H21NO2S/c1-15-12(3-2-4-12)8-13-10(14)7-11(9-16)5-6-11/h16H,2-9H2,1H3,(H,13,14). The number of amides is 1. The molecule has 0 atom stereocenters. The van der Waals surface area contributed by atoms with Gasteiger partial charge < -0.3 is 10.1 Å². The average molecular weight is 243 g/mol. The summed E-state index contributed by atoms with van der Waals surface area (Å²) in [5.74, 6) is 0.991. The molecule has 0 saturated heterocycles. The molecule has 1 N–H and O–H groups in total. The van der Waals surface area contributed by atoms with Crippen molar-refractivity contribution < 1.29 is 9.53 Å². The maximum absolute atomic E-state index is 11.8. The smallest absolute Gasteiger partial charge is 0.220 e. The Labute approximate surface area is 103 Å². The first-order valence-electron chi connectivity index (χ1n) is 6.06. The second-order valence-electron chi connectivity index (χ2n) is 5.35. The minimum absolute atomic E-state index is 0.0622. The fourth-order valence-corrected chi connectivity index (χ4v) is 2.68. The van der Waals surface area contributed by atoms with E-state index in [0.717, 1.165) is 31.4 Å². The Balaban J connectivity index is 1.71. The fourth-order valence-electron chi connectivity index (χ4n) is 2.25. The second kappa shape index (κ2) is 4.57. The predicted octanol–water partition coefficient (Wildman–Crippen LogP) is 1.77. The third kappa shape index (κ3) is 2.54. The Kier molecular flexibility index (Phi) is 3.50. The molecule has 0 aromatic heterocycles. The Morgan fingerprint density at radius 3 is 2.44 bits per heavy atom. The summed E-state index contributed by atoms with van der Waals surface area (Å²) >= 11 is 4.31. The fraction of sp³-hybridized carbons (Fsp3) is 0.917. The van der Waals surface area contributed by atoms with Crippen LogP contribution < -0.4 is 5.32 Å². The largest absolute Gasteiger partial charge is 0.376 e. The van der Waals surface area contributed by atoms with E-state index in [2.05, 4.69) is 17.9 Å². The summed E-state index contributed by atoms with van der Waals surface area (Å²) in [6.07, 6.45) is 6.29. The first-order chi connectivity index (χ1) is 7.64. The van der Waals surface area contributed by atoms with Gasteiger partial charge in [0.2, 0.25) is 5.91 Å². The molecule has 2 aliphatic carbocycles. The number of ether oxygens (including phenoxy) is 1. The molecule has 16 heavy (non-hydrogen) atoms. The number of hydrogen-bond donors (Lipinski definition) is 2. The molecular formula is C12H21NO2S. The van der Waals surface area contributed by atoms with Crippen LogP contribution in [-0.2, 0) is 9.53 Å². The van der Waals surface area contributed by atoms with Crippen LogP contribution in [0, 0.1) is 5.41 Å². The highest BCUT2D eigenvalue weighted by molar-refractivity contribution is 7.80. The minimum Gasteiger partial charge on any atom is -0.376 e. The summed E-state index contributed by atoms with van der Waals surface area (Å²) in [4.78, 5) is 11.8. The van der Waals surface area contributed by atoms with Gasteiger partial charge in [0.05, 0.1) is 5.60 Å². The van der Waals surface area contributed by atoms with E-state index in [9.17, 15) is 4.79 Å². The van der Waals surface area contributed by atoms with Crippen molar-refractivity contribution in [2.45, 2.75) is 44.1 Å². The van der Waals surface area contributed by atoms with Crippen molar-refractivity contribution in [3.63, 3.8) is 0 Å². The molecule has 0 aromatic carbocycles. The monoisotopic (exact) mass is 243 g/mol. The van der Waals surface area contributed by atoms with E-state index < -0.39 is 0 Å². The summed E-state index contributed by atoms with van der Waals surface area (Å²) in [6.45, 7) is 0.672. The lowest BCUT2D eigenvalue weighted by molar-refractivity contribution is -0.125. The highest BCUT2D eigenvalue weighted by Gasteiger charge is 2.43. The highest BCUT2D eigenvalue weighted by Crippen LogP contribution is 2.49. The van der Waals surface area contributed by atoms with Gasteiger partial charge >= 0.3 is 0 Å². The van der Waals surface area contributed by atoms with Gasteiger partial charge in [0.15, 0.2) is 0 Å². The van der Waals surface area contributed by atoms with Gasteiger partial charge in [0.1, 0.15) is 0 Å². The van der Waals surface area contributed by atoms with Crippen molar-refractivity contribution in [3.05, 3.63) is 0 Å². The van der Waals surface area contributed by atoms with Gasteiger partial charge in [0.25, 0.3) is 0 Å². The Morgan fingerprint density at radius 2 is 2.06 bits per heavy atom. The number of nitrogens with one attached hydrogen (secondary N) is 1. The van der Waals surface area contributed by atoms with Gasteiger partial charge in [-0.05, 0) is 43.3 Å². The molecule has 2 saturated carbocycles. The van der Waals surface area contributed by atoms with Gasteiger partial charge in [-0.1, -0.05) is 0 Å². The normalized spacial score (nSPS) is 24.6. The van der Waals surface area contributed by atoms with Crippen LogP contribution in [0.1, 0.15) is 38.5 Å².